The number of carbonyl (C=O) groups is 1. The van der Waals surface area contributed by atoms with Crippen LogP contribution < -0.4 is 5.32 Å². The number of nitrogens with one attached hydrogen (secondary N) is 1. The smallest absolute Gasteiger partial charge is 0.267 e. The minimum Gasteiger partial charge on any atom is -0.396 e. The molecule has 0 unspecified atom stereocenters. The second-order valence-electron chi connectivity index (χ2n) is 5.56. The third kappa shape index (κ3) is 4.88. The fourth-order valence-corrected chi connectivity index (χ4v) is 2.11. The summed E-state index contributed by atoms with van der Waals surface area (Å²) in [5, 5.41) is 12.5. The summed E-state index contributed by atoms with van der Waals surface area (Å²) in [5.74, 6) is -0.119. The standard InChI is InChI=1S/C14H23ClN2O2/c1-4-6-17-9-11(15)8-12(17)13(19)16-10-14(2,3)5-7-18/h8-9,18H,4-7,10H2,1-3H3,(H,16,19). The van der Waals surface area contributed by atoms with E-state index >= 15 is 0 Å². The average Bonchev–Trinajstić information content (AvgIpc) is 2.68. The van der Waals surface area contributed by atoms with Crippen LogP contribution in [0.3, 0.4) is 0 Å². The molecule has 108 valence electrons. The van der Waals surface area contributed by atoms with Crippen molar-refractivity contribution in [3.05, 3.63) is 23.0 Å². The van der Waals surface area contributed by atoms with Crippen molar-refractivity contribution >= 4 is 17.5 Å². The molecule has 19 heavy (non-hydrogen) atoms. The number of aliphatic hydroxyl groups is 1. The molecule has 0 saturated heterocycles. The Morgan fingerprint density at radius 3 is 2.79 bits per heavy atom. The van der Waals surface area contributed by atoms with Gasteiger partial charge in [-0.05, 0) is 24.3 Å². The quantitative estimate of drug-likeness (QED) is 0.810. The van der Waals surface area contributed by atoms with Crippen molar-refractivity contribution in [2.45, 2.75) is 40.2 Å². The van der Waals surface area contributed by atoms with E-state index in [0.717, 1.165) is 13.0 Å². The number of aromatic nitrogens is 1. The molecule has 0 spiro atoms. The third-order valence-electron chi connectivity index (χ3n) is 3.08. The highest BCUT2D eigenvalue weighted by Gasteiger charge is 2.20. The van der Waals surface area contributed by atoms with E-state index in [-0.39, 0.29) is 17.9 Å². The van der Waals surface area contributed by atoms with Gasteiger partial charge in [0.1, 0.15) is 5.69 Å². The van der Waals surface area contributed by atoms with Crippen molar-refractivity contribution in [2.24, 2.45) is 5.41 Å². The zero-order valence-corrected chi connectivity index (χ0v) is 12.6. The number of halogens is 1. The number of nitrogens with zero attached hydrogens (tertiary/aromatic N) is 1. The molecule has 5 heteroatoms. The van der Waals surface area contributed by atoms with Gasteiger partial charge in [-0.25, -0.2) is 0 Å². The van der Waals surface area contributed by atoms with E-state index in [1.165, 1.54) is 0 Å². The predicted molar refractivity (Wildman–Crippen MR) is 77.6 cm³/mol. The summed E-state index contributed by atoms with van der Waals surface area (Å²) in [5.41, 5.74) is 0.475. The van der Waals surface area contributed by atoms with Gasteiger partial charge in [0.2, 0.25) is 0 Å². The fourth-order valence-electron chi connectivity index (χ4n) is 1.89. The van der Waals surface area contributed by atoms with E-state index in [9.17, 15) is 4.79 Å². The lowest BCUT2D eigenvalue weighted by atomic mass is 9.90. The minimum atomic E-state index is -0.119. The van der Waals surface area contributed by atoms with E-state index in [4.69, 9.17) is 16.7 Å². The lowest BCUT2D eigenvalue weighted by Crippen LogP contribution is -2.35. The zero-order valence-electron chi connectivity index (χ0n) is 11.9. The summed E-state index contributed by atoms with van der Waals surface area (Å²) >= 11 is 5.95. The molecule has 0 radical (unpaired) electrons. The van der Waals surface area contributed by atoms with E-state index in [1.54, 1.807) is 12.3 Å². The number of rotatable bonds is 7. The Labute approximate surface area is 119 Å². The van der Waals surface area contributed by atoms with Crippen LogP contribution in [0.2, 0.25) is 5.02 Å². The van der Waals surface area contributed by atoms with Crippen molar-refractivity contribution < 1.29 is 9.90 Å². The Morgan fingerprint density at radius 1 is 1.53 bits per heavy atom. The number of amides is 1. The Hall–Kier alpha value is -1.00. The molecule has 2 N–H and O–H groups in total. The average molecular weight is 287 g/mol. The molecule has 0 aliphatic rings. The van der Waals surface area contributed by atoms with Crippen LogP contribution in [0.1, 0.15) is 44.1 Å². The molecule has 1 aromatic rings. The highest BCUT2D eigenvalue weighted by Crippen LogP contribution is 2.19. The molecule has 1 amide bonds. The molecule has 0 bridgehead atoms. The SMILES string of the molecule is CCCn1cc(Cl)cc1C(=O)NCC(C)(C)CCO. The Bertz CT molecular complexity index is 427. The van der Waals surface area contributed by atoms with Crippen LogP contribution >= 0.6 is 11.6 Å². The molecule has 0 aliphatic carbocycles. The van der Waals surface area contributed by atoms with Gasteiger partial charge in [0.05, 0.1) is 5.02 Å². The first-order chi connectivity index (χ1) is 8.89. The zero-order chi connectivity index (χ0) is 14.5. The third-order valence-corrected chi connectivity index (χ3v) is 3.28. The van der Waals surface area contributed by atoms with Gasteiger partial charge >= 0.3 is 0 Å². The van der Waals surface area contributed by atoms with E-state index < -0.39 is 0 Å². The summed E-state index contributed by atoms with van der Waals surface area (Å²) < 4.78 is 1.87. The molecular weight excluding hydrogens is 264 g/mol. The van der Waals surface area contributed by atoms with Gasteiger partial charge in [0, 0.05) is 25.9 Å². The van der Waals surface area contributed by atoms with Gasteiger partial charge in [0.15, 0.2) is 0 Å². The van der Waals surface area contributed by atoms with Crippen LogP contribution in [0, 0.1) is 5.41 Å². The van der Waals surface area contributed by atoms with Crippen LogP contribution in [-0.4, -0.2) is 28.7 Å². The molecule has 0 saturated carbocycles. The van der Waals surface area contributed by atoms with E-state index in [2.05, 4.69) is 12.2 Å². The molecule has 0 fully saturated rings. The first kappa shape index (κ1) is 16.1. The molecule has 0 aromatic carbocycles. The number of hydrogen-bond acceptors (Lipinski definition) is 2. The molecule has 0 aliphatic heterocycles. The Balaban J connectivity index is 2.68. The summed E-state index contributed by atoms with van der Waals surface area (Å²) in [6, 6.07) is 1.69. The first-order valence-corrected chi connectivity index (χ1v) is 7.02. The summed E-state index contributed by atoms with van der Waals surface area (Å²) in [4.78, 5) is 12.2. The molecular formula is C14H23ClN2O2. The molecule has 1 heterocycles. The first-order valence-electron chi connectivity index (χ1n) is 6.64. The summed E-state index contributed by atoms with van der Waals surface area (Å²) in [6.45, 7) is 7.51. The largest absolute Gasteiger partial charge is 0.396 e. The van der Waals surface area contributed by atoms with Crippen molar-refractivity contribution in [1.29, 1.82) is 0 Å². The lowest BCUT2D eigenvalue weighted by Gasteiger charge is -2.23. The monoisotopic (exact) mass is 286 g/mol. The maximum absolute atomic E-state index is 12.2. The second-order valence-corrected chi connectivity index (χ2v) is 5.99. The van der Waals surface area contributed by atoms with Crippen molar-refractivity contribution in [3.63, 3.8) is 0 Å². The second kappa shape index (κ2) is 6.96. The number of hydrogen-bond donors (Lipinski definition) is 2. The molecule has 4 nitrogen and oxygen atoms in total. The van der Waals surface area contributed by atoms with Gasteiger partial charge in [-0.1, -0.05) is 32.4 Å². The van der Waals surface area contributed by atoms with E-state index in [1.807, 2.05) is 18.4 Å². The molecule has 0 atom stereocenters. The van der Waals surface area contributed by atoms with Crippen molar-refractivity contribution in [2.75, 3.05) is 13.2 Å². The summed E-state index contributed by atoms with van der Waals surface area (Å²) in [7, 11) is 0. The van der Waals surface area contributed by atoms with Gasteiger partial charge in [0.25, 0.3) is 5.91 Å². The maximum atomic E-state index is 12.2. The topological polar surface area (TPSA) is 54.3 Å². The van der Waals surface area contributed by atoms with Crippen LogP contribution in [0.15, 0.2) is 12.3 Å². The lowest BCUT2D eigenvalue weighted by molar-refractivity contribution is 0.0918. The van der Waals surface area contributed by atoms with Gasteiger partial charge in [-0.3, -0.25) is 4.79 Å². The van der Waals surface area contributed by atoms with Crippen LogP contribution in [0.25, 0.3) is 0 Å². The normalized spacial score (nSPS) is 11.6. The molecule has 1 rings (SSSR count). The van der Waals surface area contributed by atoms with Crippen LogP contribution in [0.5, 0.6) is 0 Å². The Kier molecular flexibility index (Phi) is 5.88. The summed E-state index contributed by atoms with van der Waals surface area (Å²) in [6.07, 6.45) is 3.38. The van der Waals surface area contributed by atoms with Gasteiger partial charge in [-0.2, -0.15) is 0 Å². The number of aliphatic hydroxyl groups excluding tert-OH is 1. The van der Waals surface area contributed by atoms with Crippen molar-refractivity contribution in [3.8, 4) is 0 Å². The van der Waals surface area contributed by atoms with Crippen LogP contribution in [-0.2, 0) is 6.54 Å². The van der Waals surface area contributed by atoms with E-state index in [0.29, 0.717) is 23.7 Å². The fraction of sp³-hybridized carbons (Fsp3) is 0.643. The number of carbonyl (C=O) groups excluding carboxylic acids is 1. The predicted octanol–water partition coefficient (Wildman–Crippen LogP) is 2.69. The maximum Gasteiger partial charge on any atom is 0.267 e. The Morgan fingerprint density at radius 2 is 2.21 bits per heavy atom. The van der Waals surface area contributed by atoms with Gasteiger partial charge < -0.3 is 15.0 Å². The highest BCUT2D eigenvalue weighted by atomic mass is 35.5. The molecule has 1 aromatic heterocycles. The van der Waals surface area contributed by atoms with Crippen molar-refractivity contribution in [1.82, 2.24) is 9.88 Å². The minimum absolute atomic E-state index is 0.115. The van der Waals surface area contributed by atoms with Gasteiger partial charge in [-0.15, -0.1) is 0 Å². The highest BCUT2D eigenvalue weighted by molar-refractivity contribution is 6.31. The number of aryl methyl sites for hydroxylation is 1. The van der Waals surface area contributed by atoms with Crippen LogP contribution in [0.4, 0.5) is 0 Å².